The fourth-order valence-corrected chi connectivity index (χ4v) is 5.01. The van der Waals surface area contributed by atoms with Crippen LogP contribution in [0.5, 0.6) is 0 Å². The quantitative estimate of drug-likeness (QED) is 0.508. The van der Waals surface area contributed by atoms with Gasteiger partial charge in [0.1, 0.15) is 0 Å². The van der Waals surface area contributed by atoms with Gasteiger partial charge in [-0.3, -0.25) is 9.00 Å². The Bertz CT molecular complexity index is 948. The molecule has 0 saturated carbocycles. The molecule has 2 atom stereocenters. The molecular formula is C21H18ClNO3S2. The number of rotatable bonds is 8. The van der Waals surface area contributed by atoms with Crippen LogP contribution in [0.4, 0.5) is 0 Å². The second-order valence-electron chi connectivity index (χ2n) is 6.06. The van der Waals surface area contributed by atoms with Gasteiger partial charge in [0.15, 0.2) is 0 Å². The fourth-order valence-electron chi connectivity index (χ4n) is 2.53. The molecule has 0 saturated heterocycles. The molecule has 1 heterocycles. The average molecular weight is 432 g/mol. The van der Waals surface area contributed by atoms with Crippen LogP contribution in [0, 0.1) is 5.92 Å². The van der Waals surface area contributed by atoms with E-state index in [2.05, 4.69) is 4.98 Å². The van der Waals surface area contributed by atoms with Crippen molar-refractivity contribution in [3.63, 3.8) is 0 Å². The normalized spacial score (nSPS) is 13.0. The largest absolute Gasteiger partial charge is 0.481 e. The molecule has 1 N–H and O–H groups in total. The maximum atomic E-state index is 12.7. The lowest BCUT2D eigenvalue weighted by Crippen LogP contribution is -2.23. The molecule has 0 aliphatic heterocycles. The lowest BCUT2D eigenvalue weighted by Gasteiger charge is -2.12. The summed E-state index contributed by atoms with van der Waals surface area (Å²) in [5, 5.41) is 10.9. The summed E-state index contributed by atoms with van der Waals surface area (Å²) < 4.78 is 12.7. The van der Waals surface area contributed by atoms with Crippen LogP contribution in [0.1, 0.15) is 0 Å². The van der Waals surface area contributed by atoms with Crippen molar-refractivity contribution < 1.29 is 14.1 Å². The summed E-state index contributed by atoms with van der Waals surface area (Å²) in [6.07, 6.45) is 1.67. The minimum absolute atomic E-state index is 0.0649. The van der Waals surface area contributed by atoms with Gasteiger partial charge in [0.2, 0.25) is 0 Å². The van der Waals surface area contributed by atoms with E-state index in [1.807, 2.05) is 54.6 Å². The van der Waals surface area contributed by atoms with Gasteiger partial charge in [-0.15, -0.1) is 11.8 Å². The molecule has 4 nitrogen and oxygen atoms in total. The highest BCUT2D eigenvalue weighted by Gasteiger charge is 2.22. The van der Waals surface area contributed by atoms with Crippen molar-refractivity contribution in [3.05, 3.63) is 77.9 Å². The van der Waals surface area contributed by atoms with Gasteiger partial charge in [-0.2, -0.15) is 0 Å². The summed E-state index contributed by atoms with van der Waals surface area (Å²) in [5.41, 5.74) is 2.00. The third kappa shape index (κ3) is 5.67. The number of nitrogens with zero attached hydrogens (tertiary/aromatic N) is 1. The van der Waals surface area contributed by atoms with Gasteiger partial charge in [-0.25, -0.2) is 4.98 Å². The van der Waals surface area contributed by atoms with E-state index in [4.69, 9.17) is 11.6 Å². The van der Waals surface area contributed by atoms with Crippen LogP contribution in [0.15, 0.2) is 82.8 Å². The zero-order chi connectivity index (χ0) is 19.9. The van der Waals surface area contributed by atoms with E-state index in [9.17, 15) is 14.1 Å². The monoisotopic (exact) mass is 431 g/mol. The van der Waals surface area contributed by atoms with Crippen molar-refractivity contribution in [1.82, 2.24) is 4.98 Å². The topological polar surface area (TPSA) is 67.3 Å². The fraction of sp³-hybridized carbons (Fsp3) is 0.143. The third-order valence-corrected chi connectivity index (χ3v) is 6.93. The summed E-state index contributed by atoms with van der Waals surface area (Å²) in [7, 11) is -1.40. The zero-order valence-electron chi connectivity index (χ0n) is 14.8. The lowest BCUT2D eigenvalue weighted by molar-refractivity contribution is -0.140. The summed E-state index contributed by atoms with van der Waals surface area (Å²) in [5.74, 6) is -1.28. The molecule has 0 spiro atoms. The average Bonchev–Trinajstić information content (AvgIpc) is 2.72. The molecular weight excluding hydrogens is 414 g/mol. The van der Waals surface area contributed by atoms with E-state index < -0.39 is 22.7 Å². The first-order valence-electron chi connectivity index (χ1n) is 8.54. The van der Waals surface area contributed by atoms with Crippen LogP contribution in [-0.4, -0.2) is 31.8 Å². The number of halogens is 1. The van der Waals surface area contributed by atoms with Gasteiger partial charge in [-0.05, 0) is 47.5 Å². The molecule has 0 amide bonds. The van der Waals surface area contributed by atoms with Crippen LogP contribution in [0.2, 0.25) is 5.02 Å². The van der Waals surface area contributed by atoms with Crippen molar-refractivity contribution in [1.29, 1.82) is 0 Å². The van der Waals surface area contributed by atoms with E-state index in [1.165, 1.54) is 11.8 Å². The summed E-state index contributed by atoms with van der Waals surface area (Å²) >= 11 is 7.27. The van der Waals surface area contributed by atoms with Crippen molar-refractivity contribution in [2.24, 2.45) is 5.92 Å². The zero-order valence-corrected chi connectivity index (χ0v) is 17.2. The van der Waals surface area contributed by atoms with Crippen LogP contribution < -0.4 is 0 Å². The number of carboxylic acids is 1. The van der Waals surface area contributed by atoms with Crippen molar-refractivity contribution in [2.75, 3.05) is 11.5 Å². The molecule has 144 valence electrons. The van der Waals surface area contributed by atoms with Crippen LogP contribution in [0.3, 0.4) is 0 Å². The van der Waals surface area contributed by atoms with Crippen LogP contribution >= 0.6 is 23.4 Å². The number of benzene rings is 2. The minimum atomic E-state index is -1.40. The number of carboxylic acid groups (broad SMARTS) is 1. The maximum absolute atomic E-state index is 12.7. The van der Waals surface area contributed by atoms with Gasteiger partial charge in [0.05, 0.1) is 21.7 Å². The Balaban J connectivity index is 1.64. The first-order valence-corrected chi connectivity index (χ1v) is 11.2. The Hall–Kier alpha value is -2.15. The molecule has 7 heteroatoms. The highest BCUT2D eigenvalue weighted by atomic mass is 35.5. The number of hydrogen-bond donors (Lipinski definition) is 1. The molecule has 2 aromatic carbocycles. The highest BCUT2D eigenvalue weighted by Crippen LogP contribution is 2.24. The molecule has 0 aliphatic rings. The van der Waals surface area contributed by atoms with Gasteiger partial charge in [-0.1, -0.05) is 41.9 Å². The van der Waals surface area contributed by atoms with Crippen LogP contribution in [0.25, 0.3) is 11.1 Å². The number of pyridine rings is 1. The molecule has 28 heavy (non-hydrogen) atoms. The summed E-state index contributed by atoms with van der Waals surface area (Å²) in [6, 6.07) is 20.3. The molecule has 2 unspecified atom stereocenters. The highest BCUT2D eigenvalue weighted by molar-refractivity contribution is 7.99. The lowest BCUT2D eigenvalue weighted by atomic mass is 10.1. The SMILES string of the molecule is O=C(O)C(CSc1ccccn1)CS(=O)c1ccc(-c2ccc(Cl)cc2)cc1. The molecule has 3 rings (SSSR count). The smallest absolute Gasteiger partial charge is 0.308 e. The van der Waals surface area contributed by atoms with Gasteiger partial charge in [0, 0.05) is 27.6 Å². The molecule has 0 bridgehead atoms. The summed E-state index contributed by atoms with van der Waals surface area (Å²) in [4.78, 5) is 16.4. The predicted molar refractivity (Wildman–Crippen MR) is 114 cm³/mol. The van der Waals surface area contributed by atoms with Crippen molar-refractivity contribution in [2.45, 2.75) is 9.92 Å². The van der Waals surface area contributed by atoms with Gasteiger partial charge in [0.25, 0.3) is 0 Å². The molecule has 0 fully saturated rings. The Kier molecular flexibility index (Phi) is 7.25. The van der Waals surface area contributed by atoms with E-state index in [1.54, 1.807) is 18.3 Å². The Morgan fingerprint density at radius 1 is 1.04 bits per heavy atom. The third-order valence-electron chi connectivity index (χ3n) is 4.07. The van der Waals surface area contributed by atoms with Crippen molar-refractivity contribution in [3.8, 4) is 11.1 Å². The number of carbonyl (C=O) groups is 1. The first-order chi connectivity index (χ1) is 13.5. The van der Waals surface area contributed by atoms with Gasteiger partial charge < -0.3 is 5.11 Å². The number of thioether (sulfide) groups is 1. The molecule has 1 aromatic heterocycles. The predicted octanol–water partition coefficient (Wildman–Crippen LogP) is 5.00. The van der Waals surface area contributed by atoms with E-state index in [0.717, 1.165) is 16.2 Å². The van der Waals surface area contributed by atoms with E-state index in [0.29, 0.717) is 15.7 Å². The molecule has 3 aromatic rings. The minimum Gasteiger partial charge on any atom is -0.481 e. The number of aromatic nitrogens is 1. The Morgan fingerprint density at radius 2 is 1.68 bits per heavy atom. The maximum Gasteiger partial charge on any atom is 0.308 e. The van der Waals surface area contributed by atoms with Gasteiger partial charge >= 0.3 is 5.97 Å². The molecule has 0 radical (unpaired) electrons. The number of aliphatic carboxylic acids is 1. The summed E-state index contributed by atoms with van der Waals surface area (Å²) in [6.45, 7) is 0. The van der Waals surface area contributed by atoms with Crippen LogP contribution in [-0.2, 0) is 15.6 Å². The standard InChI is InChI=1S/C21H18ClNO3S2/c22-18-8-4-15(5-9-18)16-6-10-19(11-7-16)28(26)14-17(21(24)25)13-27-20-3-1-2-12-23-20/h1-12,17H,13-14H2,(H,24,25). The second-order valence-corrected chi connectivity index (χ2v) is 9.03. The first kappa shape index (κ1) is 20.6. The Morgan fingerprint density at radius 3 is 2.25 bits per heavy atom. The Labute approximate surface area is 175 Å². The molecule has 0 aliphatic carbocycles. The second kappa shape index (κ2) is 9.87. The van der Waals surface area contributed by atoms with E-state index in [-0.39, 0.29) is 5.75 Å². The number of hydrogen-bond acceptors (Lipinski definition) is 4. The van der Waals surface area contributed by atoms with Crippen molar-refractivity contribution >= 4 is 40.1 Å². The van der Waals surface area contributed by atoms with E-state index >= 15 is 0 Å².